The summed E-state index contributed by atoms with van der Waals surface area (Å²) in [5.41, 5.74) is 0. The fourth-order valence-corrected chi connectivity index (χ4v) is 1.77. The first kappa shape index (κ1) is 15.9. The average molecular weight is 338 g/mol. The number of allylic oxidation sites excluding steroid dienone is 2. The number of carbonyl (C=O) groups excluding carboxylic acids is 1. The Bertz CT molecular complexity index is 190. The van der Waals surface area contributed by atoms with Crippen LogP contribution in [0.5, 0.6) is 0 Å². The van der Waals surface area contributed by atoms with E-state index in [1.165, 1.54) is 49.9 Å². The van der Waals surface area contributed by atoms with Crippen molar-refractivity contribution in [3.63, 3.8) is 0 Å². The highest BCUT2D eigenvalue weighted by molar-refractivity contribution is 14.1. The van der Waals surface area contributed by atoms with Crippen LogP contribution in [0, 0.1) is 0 Å². The monoisotopic (exact) mass is 338 g/mol. The molecule has 0 heterocycles. The quantitative estimate of drug-likeness (QED) is 0.195. The maximum Gasteiger partial charge on any atom is 0.302 e. The topological polar surface area (TPSA) is 26.3 Å². The number of alkyl halides is 1. The van der Waals surface area contributed by atoms with E-state index in [9.17, 15) is 4.79 Å². The van der Waals surface area contributed by atoms with Crippen molar-refractivity contribution in [2.24, 2.45) is 0 Å². The summed E-state index contributed by atoms with van der Waals surface area (Å²) in [5, 5.41) is 0. The molecule has 0 aromatic rings. The molecule has 94 valence electrons. The number of carbonyl (C=O) groups is 1. The Balaban J connectivity index is 3.01. The molecule has 0 atom stereocenters. The molecular formula is C13H23IO2. The van der Waals surface area contributed by atoms with E-state index in [0.717, 1.165) is 6.42 Å². The highest BCUT2D eigenvalue weighted by Crippen LogP contribution is 2.06. The number of ether oxygens (including phenoxy) is 1. The van der Waals surface area contributed by atoms with Crippen molar-refractivity contribution in [2.75, 3.05) is 11.0 Å². The average Bonchev–Trinajstić information content (AvgIpc) is 2.25. The molecule has 0 rings (SSSR count). The first-order valence-electron chi connectivity index (χ1n) is 6.11. The number of hydrogen-bond donors (Lipinski definition) is 0. The lowest BCUT2D eigenvalue weighted by molar-refractivity contribution is -0.141. The second-order valence-corrected chi connectivity index (χ2v) is 4.92. The van der Waals surface area contributed by atoms with E-state index in [2.05, 4.69) is 34.7 Å². The molecular weight excluding hydrogens is 315 g/mol. The van der Waals surface area contributed by atoms with Gasteiger partial charge < -0.3 is 4.74 Å². The Morgan fingerprint density at radius 1 is 1.06 bits per heavy atom. The molecule has 16 heavy (non-hydrogen) atoms. The molecule has 0 aliphatic carbocycles. The lowest BCUT2D eigenvalue weighted by Crippen LogP contribution is -1.99. The molecule has 3 heteroatoms. The first-order chi connectivity index (χ1) is 7.77. The summed E-state index contributed by atoms with van der Waals surface area (Å²) >= 11 is 2.39. The van der Waals surface area contributed by atoms with Gasteiger partial charge in [-0.05, 0) is 25.7 Å². The summed E-state index contributed by atoms with van der Waals surface area (Å²) in [5.74, 6) is -0.166. The summed E-state index contributed by atoms with van der Waals surface area (Å²) in [6.45, 7) is 2.05. The Morgan fingerprint density at radius 2 is 1.69 bits per heavy atom. The Labute approximate surface area is 113 Å². The van der Waals surface area contributed by atoms with Crippen LogP contribution in [0.25, 0.3) is 0 Å². The molecule has 0 aromatic carbocycles. The fourth-order valence-electron chi connectivity index (χ4n) is 1.41. The minimum Gasteiger partial charge on any atom is -0.466 e. The number of esters is 1. The van der Waals surface area contributed by atoms with Crippen molar-refractivity contribution in [2.45, 2.75) is 51.9 Å². The van der Waals surface area contributed by atoms with Gasteiger partial charge in [-0.15, -0.1) is 0 Å². The lowest BCUT2D eigenvalue weighted by Gasteiger charge is -2.01. The van der Waals surface area contributed by atoms with Crippen LogP contribution in [0.1, 0.15) is 51.9 Å². The second kappa shape index (κ2) is 13.0. The predicted octanol–water partition coefficient (Wildman–Crippen LogP) is 4.27. The van der Waals surface area contributed by atoms with Crippen molar-refractivity contribution >= 4 is 28.6 Å². The van der Waals surface area contributed by atoms with Gasteiger partial charge in [-0.3, -0.25) is 4.79 Å². The van der Waals surface area contributed by atoms with Crippen LogP contribution < -0.4 is 0 Å². The summed E-state index contributed by atoms with van der Waals surface area (Å²) in [6, 6.07) is 0. The maximum absolute atomic E-state index is 10.5. The highest BCUT2D eigenvalue weighted by atomic mass is 127. The summed E-state index contributed by atoms with van der Waals surface area (Å²) in [7, 11) is 0. The van der Waals surface area contributed by atoms with Crippen LogP contribution in [-0.4, -0.2) is 17.0 Å². The summed E-state index contributed by atoms with van der Waals surface area (Å²) in [4.78, 5) is 10.5. The maximum atomic E-state index is 10.5. The first-order valence-corrected chi connectivity index (χ1v) is 7.64. The molecule has 0 fully saturated rings. The number of unbranched alkanes of at least 4 members (excludes halogenated alkanes) is 5. The number of hydrogen-bond acceptors (Lipinski definition) is 2. The molecule has 0 unspecified atom stereocenters. The van der Waals surface area contributed by atoms with Gasteiger partial charge in [0, 0.05) is 11.4 Å². The molecule has 0 saturated carbocycles. The highest BCUT2D eigenvalue weighted by Gasteiger charge is 1.93. The third-order valence-electron chi connectivity index (χ3n) is 2.26. The molecule has 0 N–H and O–H groups in total. The van der Waals surface area contributed by atoms with Crippen LogP contribution in [0.4, 0.5) is 0 Å². The van der Waals surface area contributed by atoms with Crippen molar-refractivity contribution in [1.82, 2.24) is 0 Å². The van der Waals surface area contributed by atoms with Crippen molar-refractivity contribution in [3.8, 4) is 0 Å². The summed E-state index contributed by atoms with van der Waals surface area (Å²) < 4.78 is 6.08. The van der Waals surface area contributed by atoms with Crippen LogP contribution in [-0.2, 0) is 9.53 Å². The second-order valence-electron chi connectivity index (χ2n) is 3.85. The van der Waals surface area contributed by atoms with Crippen molar-refractivity contribution in [1.29, 1.82) is 0 Å². The van der Waals surface area contributed by atoms with E-state index in [1.807, 2.05) is 0 Å². The van der Waals surface area contributed by atoms with E-state index in [-0.39, 0.29) is 5.97 Å². The van der Waals surface area contributed by atoms with Crippen LogP contribution in [0.2, 0.25) is 0 Å². The zero-order valence-electron chi connectivity index (χ0n) is 10.2. The smallest absolute Gasteiger partial charge is 0.302 e. The lowest BCUT2D eigenvalue weighted by atomic mass is 10.1. The van der Waals surface area contributed by atoms with Crippen molar-refractivity contribution < 1.29 is 9.53 Å². The van der Waals surface area contributed by atoms with Crippen LogP contribution in [0.15, 0.2) is 12.2 Å². The standard InChI is InChI=1S/C13H23IO2/c1-13(15)16-12-10-8-6-4-2-3-5-7-9-11-14/h5,7H,2-4,6,8-12H2,1H3/b7-5+. The minimum absolute atomic E-state index is 0.166. The van der Waals surface area contributed by atoms with Gasteiger partial charge in [0.05, 0.1) is 6.61 Å². The van der Waals surface area contributed by atoms with E-state index in [0.29, 0.717) is 6.61 Å². The zero-order valence-corrected chi connectivity index (χ0v) is 12.4. The largest absolute Gasteiger partial charge is 0.466 e. The predicted molar refractivity (Wildman–Crippen MR) is 77.0 cm³/mol. The zero-order chi connectivity index (χ0) is 12.1. The van der Waals surface area contributed by atoms with Crippen LogP contribution >= 0.6 is 22.6 Å². The van der Waals surface area contributed by atoms with Crippen molar-refractivity contribution in [3.05, 3.63) is 12.2 Å². The Kier molecular flexibility index (Phi) is 13.0. The molecule has 0 aliphatic heterocycles. The van der Waals surface area contributed by atoms with E-state index in [4.69, 9.17) is 4.74 Å². The van der Waals surface area contributed by atoms with Gasteiger partial charge in [0.15, 0.2) is 0 Å². The van der Waals surface area contributed by atoms with Crippen LogP contribution in [0.3, 0.4) is 0 Å². The van der Waals surface area contributed by atoms with Gasteiger partial charge in [0.2, 0.25) is 0 Å². The third kappa shape index (κ3) is 13.9. The van der Waals surface area contributed by atoms with Gasteiger partial charge in [-0.1, -0.05) is 54.0 Å². The van der Waals surface area contributed by atoms with E-state index < -0.39 is 0 Å². The van der Waals surface area contributed by atoms with E-state index in [1.54, 1.807) is 0 Å². The van der Waals surface area contributed by atoms with Gasteiger partial charge in [0.25, 0.3) is 0 Å². The fraction of sp³-hybridized carbons (Fsp3) is 0.769. The molecule has 0 aliphatic rings. The number of rotatable bonds is 10. The van der Waals surface area contributed by atoms with Gasteiger partial charge >= 0.3 is 5.97 Å². The molecule has 0 saturated heterocycles. The minimum atomic E-state index is -0.166. The van der Waals surface area contributed by atoms with E-state index >= 15 is 0 Å². The molecule has 0 amide bonds. The molecule has 0 radical (unpaired) electrons. The molecule has 2 nitrogen and oxygen atoms in total. The molecule has 0 spiro atoms. The third-order valence-corrected chi connectivity index (χ3v) is 2.89. The van der Waals surface area contributed by atoms with Gasteiger partial charge in [-0.25, -0.2) is 0 Å². The molecule has 0 aromatic heterocycles. The SMILES string of the molecule is CC(=O)OCCCCCCC/C=C/CCI. The molecule has 0 bridgehead atoms. The van der Waals surface area contributed by atoms with Gasteiger partial charge in [0.1, 0.15) is 0 Å². The Hall–Kier alpha value is -0.0600. The number of halogens is 1. The summed E-state index contributed by atoms with van der Waals surface area (Å²) in [6.07, 6.45) is 13.0. The Morgan fingerprint density at radius 3 is 2.38 bits per heavy atom. The normalized spacial score (nSPS) is 10.9. The van der Waals surface area contributed by atoms with Gasteiger partial charge in [-0.2, -0.15) is 0 Å².